The van der Waals surface area contributed by atoms with Gasteiger partial charge in [-0.25, -0.2) is 0 Å². The lowest BCUT2D eigenvalue weighted by Gasteiger charge is -2.38. The number of carbonyl (C=O) groups is 1. The fourth-order valence-electron chi connectivity index (χ4n) is 3.66. The van der Waals surface area contributed by atoms with Crippen LogP contribution in [0.5, 0.6) is 0 Å². The quantitative estimate of drug-likeness (QED) is 0.280. The van der Waals surface area contributed by atoms with Crippen LogP contribution in [0, 0.1) is 0 Å². The van der Waals surface area contributed by atoms with E-state index in [1.807, 2.05) is 0 Å². The van der Waals surface area contributed by atoms with E-state index in [9.17, 15) is 4.79 Å². The van der Waals surface area contributed by atoms with E-state index in [0.29, 0.717) is 0 Å². The molecule has 1 aliphatic heterocycles. The molecule has 27 heavy (non-hydrogen) atoms. The van der Waals surface area contributed by atoms with Gasteiger partial charge in [-0.15, -0.1) is 0 Å². The molecular weight excluding hydrogens is 340 g/mol. The first-order chi connectivity index (χ1) is 13.1. The summed E-state index contributed by atoms with van der Waals surface area (Å²) in [7, 11) is 0. The molecule has 1 atom stereocenters. The molecule has 0 saturated carbocycles. The second-order valence-electron chi connectivity index (χ2n) is 8.29. The van der Waals surface area contributed by atoms with Crippen molar-refractivity contribution in [1.29, 1.82) is 0 Å². The fraction of sp³-hybridized carbons (Fsp3) is 0.957. The summed E-state index contributed by atoms with van der Waals surface area (Å²) in [5, 5.41) is 0. The highest BCUT2D eigenvalue weighted by molar-refractivity contribution is 5.81. The molecule has 1 fully saturated rings. The Morgan fingerprint density at radius 1 is 0.815 bits per heavy atom. The summed E-state index contributed by atoms with van der Waals surface area (Å²) in [5.41, 5.74) is -0.449. The second-order valence-corrected chi connectivity index (χ2v) is 8.29. The molecule has 160 valence electrons. The van der Waals surface area contributed by atoms with Crippen LogP contribution in [0.15, 0.2) is 0 Å². The van der Waals surface area contributed by atoms with Crippen LogP contribution in [0.25, 0.3) is 0 Å². The summed E-state index contributed by atoms with van der Waals surface area (Å²) in [5.74, 6) is 0.0110. The molecule has 0 aromatic carbocycles. The largest absolute Gasteiger partial charge is 0.370 e. The molecule has 0 aliphatic carbocycles. The number of Topliss-reactive ketones (excluding diaryl/α,β-unsaturated/α-hetero) is 1. The van der Waals surface area contributed by atoms with Crippen LogP contribution < -0.4 is 0 Å². The maximum absolute atomic E-state index is 11.4. The van der Waals surface area contributed by atoms with Crippen molar-refractivity contribution in [2.45, 2.75) is 123 Å². The van der Waals surface area contributed by atoms with Crippen LogP contribution in [0.2, 0.25) is 0 Å². The molecule has 0 radical (unpaired) electrons. The highest BCUT2D eigenvalue weighted by Gasteiger charge is 2.39. The molecular formula is C23H44O4. The Bertz CT molecular complexity index is 361. The third kappa shape index (κ3) is 11.2. The minimum absolute atomic E-state index is 0.0110. The SMILES string of the molecule is CCCCCCCCCCCCOC(C)(CCCCC)C1OCC(=O)CO1. The molecule has 4 heteroatoms. The van der Waals surface area contributed by atoms with Gasteiger partial charge in [0, 0.05) is 6.61 Å². The number of carbonyl (C=O) groups excluding carboxylic acids is 1. The van der Waals surface area contributed by atoms with Gasteiger partial charge in [0.15, 0.2) is 12.1 Å². The average Bonchev–Trinajstić information content (AvgIpc) is 2.67. The Kier molecular flexibility index (Phi) is 14.1. The normalized spacial score (nSPS) is 18.0. The summed E-state index contributed by atoms with van der Waals surface area (Å²) >= 11 is 0. The predicted molar refractivity (Wildman–Crippen MR) is 111 cm³/mol. The maximum Gasteiger partial charge on any atom is 0.187 e. The summed E-state index contributed by atoms with van der Waals surface area (Å²) in [6, 6.07) is 0. The Balaban J connectivity index is 2.18. The predicted octanol–water partition coefficient (Wildman–Crippen LogP) is 6.20. The van der Waals surface area contributed by atoms with Crippen LogP contribution in [-0.2, 0) is 19.0 Å². The van der Waals surface area contributed by atoms with Crippen molar-refractivity contribution in [3.05, 3.63) is 0 Å². The van der Waals surface area contributed by atoms with E-state index in [1.54, 1.807) is 0 Å². The molecule has 0 aromatic rings. The molecule has 0 N–H and O–H groups in total. The third-order valence-corrected chi connectivity index (χ3v) is 5.50. The van der Waals surface area contributed by atoms with Crippen molar-refractivity contribution in [2.75, 3.05) is 19.8 Å². The summed E-state index contributed by atoms with van der Waals surface area (Å²) in [6.07, 6.45) is 17.2. The number of ether oxygens (including phenoxy) is 3. The van der Waals surface area contributed by atoms with E-state index in [4.69, 9.17) is 14.2 Å². The van der Waals surface area contributed by atoms with Gasteiger partial charge >= 0.3 is 0 Å². The molecule has 1 rings (SSSR count). The second kappa shape index (κ2) is 15.5. The molecule has 4 nitrogen and oxygen atoms in total. The lowest BCUT2D eigenvalue weighted by atomic mass is 9.96. The van der Waals surface area contributed by atoms with Crippen molar-refractivity contribution >= 4 is 5.78 Å². The first-order valence-corrected chi connectivity index (χ1v) is 11.5. The minimum Gasteiger partial charge on any atom is -0.370 e. The zero-order chi connectivity index (χ0) is 19.8. The van der Waals surface area contributed by atoms with E-state index in [2.05, 4.69) is 20.8 Å². The first-order valence-electron chi connectivity index (χ1n) is 11.5. The minimum atomic E-state index is -0.449. The summed E-state index contributed by atoms with van der Waals surface area (Å²) < 4.78 is 17.5. The third-order valence-electron chi connectivity index (χ3n) is 5.50. The zero-order valence-corrected chi connectivity index (χ0v) is 18.2. The van der Waals surface area contributed by atoms with Gasteiger partial charge in [0.05, 0.1) is 0 Å². The van der Waals surface area contributed by atoms with Gasteiger partial charge in [-0.05, 0) is 19.8 Å². The first kappa shape index (κ1) is 24.6. The van der Waals surface area contributed by atoms with Crippen molar-refractivity contribution in [2.24, 2.45) is 0 Å². The Hall–Kier alpha value is -0.450. The van der Waals surface area contributed by atoms with Crippen molar-refractivity contribution in [3.63, 3.8) is 0 Å². The van der Waals surface area contributed by atoms with Crippen LogP contribution in [0.3, 0.4) is 0 Å². The van der Waals surface area contributed by atoms with Crippen LogP contribution in [-0.4, -0.2) is 37.5 Å². The summed E-state index contributed by atoms with van der Waals surface area (Å²) in [4.78, 5) is 11.4. The fourth-order valence-corrected chi connectivity index (χ4v) is 3.66. The number of ketones is 1. The zero-order valence-electron chi connectivity index (χ0n) is 18.2. The molecule has 1 saturated heterocycles. The van der Waals surface area contributed by atoms with E-state index >= 15 is 0 Å². The molecule has 1 heterocycles. The van der Waals surface area contributed by atoms with Crippen LogP contribution in [0.1, 0.15) is 111 Å². The van der Waals surface area contributed by atoms with Gasteiger partial charge in [-0.1, -0.05) is 90.9 Å². The van der Waals surface area contributed by atoms with E-state index in [0.717, 1.165) is 25.9 Å². The van der Waals surface area contributed by atoms with Crippen molar-refractivity contribution in [1.82, 2.24) is 0 Å². The molecule has 0 aromatic heterocycles. The van der Waals surface area contributed by atoms with E-state index in [-0.39, 0.29) is 19.0 Å². The lowest BCUT2D eigenvalue weighted by molar-refractivity contribution is -0.262. The topological polar surface area (TPSA) is 44.8 Å². The molecule has 0 amide bonds. The van der Waals surface area contributed by atoms with Gasteiger partial charge in [0.1, 0.15) is 18.8 Å². The number of hydrogen-bond acceptors (Lipinski definition) is 4. The smallest absolute Gasteiger partial charge is 0.187 e. The van der Waals surface area contributed by atoms with E-state index < -0.39 is 11.9 Å². The van der Waals surface area contributed by atoms with Crippen molar-refractivity contribution < 1.29 is 19.0 Å². The number of unbranched alkanes of at least 4 members (excludes halogenated alkanes) is 11. The Morgan fingerprint density at radius 2 is 1.30 bits per heavy atom. The highest BCUT2D eigenvalue weighted by Crippen LogP contribution is 2.28. The van der Waals surface area contributed by atoms with E-state index in [1.165, 1.54) is 70.6 Å². The van der Waals surface area contributed by atoms with Crippen LogP contribution >= 0.6 is 0 Å². The van der Waals surface area contributed by atoms with Gasteiger partial charge in [-0.2, -0.15) is 0 Å². The average molecular weight is 385 g/mol. The monoisotopic (exact) mass is 384 g/mol. The van der Waals surface area contributed by atoms with Gasteiger partial charge in [0.25, 0.3) is 0 Å². The van der Waals surface area contributed by atoms with Gasteiger partial charge < -0.3 is 14.2 Å². The molecule has 1 unspecified atom stereocenters. The Morgan fingerprint density at radius 3 is 1.85 bits per heavy atom. The molecule has 0 bridgehead atoms. The Labute approximate surface area is 167 Å². The molecule has 0 spiro atoms. The van der Waals surface area contributed by atoms with Gasteiger partial charge in [-0.3, -0.25) is 4.79 Å². The number of hydrogen-bond donors (Lipinski definition) is 0. The maximum atomic E-state index is 11.4. The summed E-state index contributed by atoms with van der Waals surface area (Å²) in [6.45, 7) is 7.60. The highest BCUT2D eigenvalue weighted by atomic mass is 16.7. The van der Waals surface area contributed by atoms with Gasteiger partial charge in [0.2, 0.25) is 0 Å². The molecule has 1 aliphatic rings. The van der Waals surface area contributed by atoms with Crippen molar-refractivity contribution in [3.8, 4) is 0 Å². The lowest BCUT2D eigenvalue weighted by Crippen LogP contribution is -2.49. The number of rotatable bonds is 17. The standard InChI is InChI=1S/C23H44O4/c1-4-6-8-9-10-11-12-13-14-16-18-27-23(3,17-15-7-5-2)22-25-19-21(24)20-26-22/h22H,4-20H2,1-3H3. The van der Waals surface area contributed by atoms with Crippen LogP contribution in [0.4, 0.5) is 0 Å².